The van der Waals surface area contributed by atoms with E-state index in [0.29, 0.717) is 12.0 Å². The van der Waals surface area contributed by atoms with Crippen LogP contribution in [0.2, 0.25) is 0 Å². The van der Waals surface area contributed by atoms with Crippen molar-refractivity contribution in [2.75, 3.05) is 11.6 Å². The molecule has 0 unspecified atom stereocenters. The molecule has 2 N–H and O–H groups in total. The Morgan fingerprint density at radius 3 is 2.40 bits per heavy atom. The summed E-state index contributed by atoms with van der Waals surface area (Å²) in [7, 11) is 0. The molecule has 0 bridgehead atoms. The van der Waals surface area contributed by atoms with Gasteiger partial charge >= 0.3 is 0 Å². The molecule has 2 heterocycles. The molecule has 35 heavy (non-hydrogen) atoms. The molecule has 2 aliphatic rings. The lowest BCUT2D eigenvalue weighted by Gasteiger charge is -2.37. The smallest absolute Gasteiger partial charge is 0.254 e. The molecular formula is C29H28N2O2S2. The number of amides is 1. The standard InChI is InChI=1S/C29H28N2O2S2/c1-17-14-22(29(34-3)35-17)26-25(28(33)31-21-12-8-5-9-13-21)18(2)30-23-15-20(16-24(32)27(23)26)19-10-6-4-7-11-19/h4-14,20,26,30H,15-16H2,1-3H3,(H,31,33)/t20-,26+/m1/s1. The Morgan fingerprint density at radius 1 is 1.03 bits per heavy atom. The number of para-hydroxylation sites is 1. The molecule has 5 rings (SSSR count). The summed E-state index contributed by atoms with van der Waals surface area (Å²) >= 11 is 3.40. The molecule has 0 saturated heterocycles. The van der Waals surface area contributed by atoms with Crippen molar-refractivity contribution in [2.45, 2.75) is 42.7 Å². The normalized spacial score (nSPS) is 19.9. The highest BCUT2D eigenvalue weighted by atomic mass is 32.2. The van der Waals surface area contributed by atoms with Gasteiger partial charge in [-0.1, -0.05) is 48.5 Å². The summed E-state index contributed by atoms with van der Waals surface area (Å²) < 4.78 is 1.15. The molecule has 0 saturated carbocycles. The van der Waals surface area contributed by atoms with Crippen LogP contribution in [0.25, 0.3) is 0 Å². The first-order chi connectivity index (χ1) is 17.0. The molecular weight excluding hydrogens is 472 g/mol. The number of rotatable bonds is 5. The summed E-state index contributed by atoms with van der Waals surface area (Å²) in [6.07, 6.45) is 3.26. The Balaban J connectivity index is 1.60. The van der Waals surface area contributed by atoms with Gasteiger partial charge in [0.2, 0.25) is 0 Å². The predicted molar refractivity (Wildman–Crippen MR) is 145 cm³/mol. The summed E-state index contributed by atoms with van der Waals surface area (Å²) in [5.74, 6) is -0.309. The number of carbonyl (C=O) groups is 2. The first-order valence-corrected chi connectivity index (χ1v) is 13.8. The highest BCUT2D eigenvalue weighted by Gasteiger charge is 2.42. The van der Waals surface area contributed by atoms with Gasteiger partial charge in [0.15, 0.2) is 5.78 Å². The average molecular weight is 501 g/mol. The monoisotopic (exact) mass is 500 g/mol. The maximum Gasteiger partial charge on any atom is 0.254 e. The second-order valence-corrected chi connectivity index (χ2v) is 11.4. The number of Topliss-reactive ketones (excluding diaryl/α,β-unsaturated/α-hetero) is 1. The zero-order valence-corrected chi connectivity index (χ0v) is 21.7. The lowest BCUT2D eigenvalue weighted by molar-refractivity contribution is -0.116. The van der Waals surface area contributed by atoms with Gasteiger partial charge in [0.05, 0.1) is 4.21 Å². The van der Waals surface area contributed by atoms with Crippen molar-refractivity contribution >= 4 is 40.5 Å². The van der Waals surface area contributed by atoms with E-state index in [1.807, 2.05) is 55.5 Å². The third-order valence-corrected chi connectivity index (χ3v) is 8.94. The first kappa shape index (κ1) is 23.6. The van der Waals surface area contributed by atoms with E-state index in [4.69, 9.17) is 0 Å². The number of hydrogen-bond donors (Lipinski definition) is 2. The van der Waals surface area contributed by atoms with Crippen LogP contribution < -0.4 is 10.6 Å². The topological polar surface area (TPSA) is 58.2 Å². The second kappa shape index (κ2) is 9.88. The minimum absolute atomic E-state index is 0.117. The Labute approximate surface area is 214 Å². The van der Waals surface area contributed by atoms with Crippen LogP contribution in [0.1, 0.15) is 47.6 Å². The number of benzene rings is 2. The summed E-state index contributed by atoms with van der Waals surface area (Å²) in [4.78, 5) is 28.6. The number of thiophene rings is 1. The average Bonchev–Trinajstić information content (AvgIpc) is 3.24. The minimum Gasteiger partial charge on any atom is -0.362 e. The summed E-state index contributed by atoms with van der Waals surface area (Å²) in [5.41, 5.74) is 6.09. The van der Waals surface area contributed by atoms with Gasteiger partial charge in [-0.2, -0.15) is 0 Å². The van der Waals surface area contributed by atoms with Crippen LogP contribution in [0.15, 0.2) is 93.5 Å². The van der Waals surface area contributed by atoms with Gasteiger partial charge in [0.1, 0.15) is 0 Å². The highest BCUT2D eigenvalue weighted by molar-refractivity contribution is 8.00. The molecule has 4 nitrogen and oxygen atoms in total. The number of dihydropyridines is 1. The van der Waals surface area contributed by atoms with Crippen LogP contribution >= 0.6 is 23.1 Å². The first-order valence-electron chi connectivity index (χ1n) is 11.8. The van der Waals surface area contributed by atoms with E-state index >= 15 is 0 Å². The van der Waals surface area contributed by atoms with Gasteiger partial charge < -0.3 is 10.6 Å². The number of carbonyl (C=O) groups excluding carboxylic acids is 2. The van der Waals surface area contributed by atoms with Crippen molar-refractivity contribution in [3.63, 3.8) is 0 Å². The molecule has 0 fully saturated rings. The highest BCUT2D eigenvalue weighted by Crippen LogP contribution is 2.49. The van der Waals surface area contributed by atoms with Crippen molar-refractivity contribution in [3.8, 4) is 0 Å². The predicted octanol–water partition coefficient (Wildman–Crippen LogP) is 6.78. The minimum atomic E-state index is -0.383. The molecule has 1 aliphatic heterocycles. The van der Waals surface area contributed by atoms with Gasteiger partial charge in [-0.05, 0) is 61.8 Å². The van der Waals surface area contributed by atoms with Gasteiger partial charge in [-0.25, -0.2) is 0 Å². The number of nitrogens with one attached hydrogen (secondary N) is 2. The molecule has 1 amide bonds. The molecule has 0 spiro atoms. The third-order valence-electron chi connectivity index (χ3n) is 6.72. The van der Waals surface area contributed by atoms with Crippen LogP contribution in [-0.2, 0) is 9.59 Å². The van der Waals surface area contributed by atoms with E-state index in [0.717, 1.165) is 38.8 Å². The fourth-order valence-electron chi connectivity index (χ4n) is 5.21. The fraction of sp³-hybridized carbons (Fsp3) is 0.241. The Bertz CT molecular complexity index is 1340. The Morgan fingerprint density at radius 2 is 1.71 bits per heavy atom. The molecule has 1 aliphatic carbocycles. The fourth-order valence-corrected chi connectivity index (χ4v) is 7.12. The number of hydrogen-bond acceptors (Lipinski definition) is 5. The molecule has 1 aromatic heterocycles. The van der Waals surface area contributed by atoms with Crippen LogP contribution in [0, 0.1) is 6.92 Å². The zero-order chi connectivity index (χ0) is 24.5. The second-order valence-electron chi connectivity index (χ2n) is 9.05. The van der Waals surface area contributed by atoms with Crippen LogP contribution in [0.3, 0.4) is 0 Å². The molecule has 3 aromatic rings. The van der Waals surface area contributed by atoms with E-state index in [9.17, 15) is 9.59 Å². The maximum atomic E-state index is 13.8. The van der Waals surface area contributed by atoms with E-state index in [2.05, 4.69) is 42.0 Å². The summed E-state index contributed by atoms with van der Waals surface area (Å²) in [6.45, 7) is 4.03. The zero-order valence-electron chi connectivity index (χ0n) is 20.1. The third kappa shape index (κ3) is 4.60. The number of anilines is 1. The van der Waals surface area contributed by atoms with Gasteiger partial charge in [0.25, 0.3) is 5.91 Å². The van der Waals surface area contributed by atoms with Crippen LogP contribution in [0.5, 0.6) is 0 Å². The summed E-state index contributed by atoms with van der Waals surface area (Å²) in [6, 6.07) is 21.9. The Kier molecular flexibility index (Phi) is 6.67. The number of ketones is 1. The quantitative estimate of drug-likeness (QED) is 0.379. The largest absolute Gasteiger partial charge is 0.362 e. The Hall–Kier alpha value is -3.09. The van der Waals surface area contributed by atoms with Crippen molar-refractivity contribution in [1.82, 2.24) is 5.32 Å². The van der Waals surface area contributed by atoms with Crippen molar-refractivity contribution in [3.05, 3.63) is 105 Å². The van der Waals surface area contributed by atoms with Crippen molar-refractivity contribution in [1.29, 1.82) is 0 Å². The maximum absolute atomic E-state index is 13.8. The van der Waals surface area contributed by atoms with E-state index in [1.165, 1.54) is 10.4 Å². The van der Waals surface area contributed by atoms with E-state index in [1.54, 1.807) is 23.1 Å². The molecule has 2 atom stereocenters. The lowest BCUT2D eigenvalue weighted by atomic mass is 9.72. The van der Waals surface area contributed by atoms with Gasteiger partial charge in [-0.3, -0.25) is 9.59 Å². The number of aryl methyl sites for hydroxylation is 1. The van der Waals surface area contributed by atoms with Crippen molar-refractivity contribution < 1.29 is 9.59 Å². The lowest BCUT2D eigenvalue weighted by Crippen LogP contribution is -2.37. The van der Waals surface area contributed by atoms with Gasteiger partial charge in [-0.15, -0.1) is 23.1 Å². The molecule has 0 radical (unpaired) electrons. The molecule has 6 heteroatoms. The van der Waals surface area contributed by atoms with Crippen LogP contribution in [0.4, 0.5) is 5.69 Å². The molecule has 178 valence electrons. The van der Waals surface area contributed by atoms with Crippen LogP contribution in [-0.4, -0.2) is 17.9 Å². The number of thioether (sulfide) groups is 1. The van der Waals surface area contributed by atoms with Crippen molar-refractivity contribution in [2.24, 2.45) is 0 Å². The summed E-state index contributed by atoms with van der Waals surface area (Å²) in [5, 5.41) is 6.54. The SMILES string of the molecule is CSc1sc(C)cc1[C@H]1C(C(=O)Nc2ccccc2)=C(C)NC2=C1C(=O)C[C@H](c1ccccc1)C2. The van der Waals surface area contributed by atoms with E-state index in [-0.39, 0.29) is 23.5 Å². The van der Waals surface area contributed by atoms with Gasteiger partial charge in [0, 0.05) is 45.4 Å². The molecule has 2 aromatic carbocycles. The number of allylic oxidation sites excluding steroid dienone is 3. The van der Waals surface area contributed by atoms with E-state index < -0.39 is 0 Å².